The first-order chi connectivity index (χ1) is 9.45. The number of esters is 1. The van der Waals surface area contributed by atoms with E-state index in [0.717, 1.165) is 0 Å². The Morgan fingerprint density at radius 1 is 1.50 bits per heavy atom. The number of benzene rings is 1. The molecule has 1 fully saturated rings. The highest BCUT2D eigenvalue weighted by molar-refractivity contribution is 9.10. The van der Waals surface area contributed by atoms with Crippen LogP contribution >= 0.6 is 15.9 Å². The van der Waals surface area contributed by atoms with Gasteiger partial charge < -0.3 is 14.7 Å². The molecule has 1 aromatic carbocycles. The zero-order valence-electron chi connectivity index (χ0n) is 10.7. The molecule has 20 heavy (non-hydrogen) atoms. The smallest absolute Gasteiger partial charge is 0.328 e. The van der Waals surface area contributed by atoms with Crippen molar-refractivity contribution in [2.45, 2.75) is 18.6 Å². The normalized spacial score (nSPS) is 21.9. The molecule has 0 radical (unpaired) electrons. The van der Waals surface area contributed by atoms with Gasteiger partial charge in [0.25, 0.3) is 5.91 Å². The van der Waals surface area contributed by atoms with Gasteiger partial charge in [-0.3, -0.25) is 4.79 Å². The highest BCUT2D eigenvalue weighted by Gasteiger charge is 2.40. The monoisotopic (exact) mass is 345 g/mol. The Labute approximate surface area is 123 Å². The number of methoxy groups -OCH3 is 1. The molecule has 1 N–H and O–H groups in total. The van der Waals surface area contributed by atoms with Gasteiger partial charge in [0.05, 0.1) is 23.2 Å². The highest BCUT2D eigenvalue weighted by Crippen LogP contribution is 2.26. The van der Waals surface area contributed by atoms with Crippen molar-refractivity contribution >= 4 is 27.8 Å². The second kappa shape index (κ2) is 5.88. The molecule has 1 amide bonds. The Bertz CT molecular complexity index is 551. The van der Waals surface area contributed by atoms with Gasteiger partial charge in [0, 0.05) is 13.0 Å². The maximum atomic E-state index is 13.5. The number of amides is 1. The van der Waals surface area contributed by atoms with Gasteiger partial charge in [-0.2, -0.15) is 0 Å². The van der Waals surface area contributed by atoms with E-state index in [1.54, 1.807) is 0 Å². The molecule has 7 heteroatoms. The van der Waals surface area contributed by atoms with Crippen LogP contribution in [0.2, 0.25) is 0 Å². The SMILES string of the molecule is COC(=O)C1CC(O)CN1C(=O)c1cccc(F)c1Br. The van der Waals surface area contributed by atoms with Gasteiger partial charge in [0.2, 0.25) is 0 Å². The second-order valence-electron chi connectivity index (χ2n) is 4.49. The maximum Gasteiger partial charge on any atom is 0.328 e. The molecule has 0 saturated carbocycles. The minimum atomic E-state index is -0.849. The van der Waals surface area contributed by atoms with E-state index in [0.29, 0.717) is 0 Å². The number of hydrogen-bond donors (Lipinski definition) is 1. The van der Waals surface area contributed by atoms with Crippen molar-refractivity contribution in [1.29, 1.82) is 0 Å². The van der Waals surface area contributed by atoms with E-state index in [1.807, 2.05) is 0 Å². The van der Waals surface area contributed by atoms with Crippen LogP contribution in [-0.2, 0) is 9.53 Å². The zero-order chi connectivity index (χ0) is 14.9. The van der Waals surface area contributed by atoms with Crippen LogP contribution < -0.4 is 0 Å². The molecular formula is C13H13BrFNO4. The van der Waals surface area contributed by atoms with Crippen LogP contribution in [0.25, 0.3) is 0 Å². The van der Waals surface area contributed by atoms with E-state index in [2.05, 4.69) is 20.7 Å². The van der Waals surface area contributed by atoms with Crippen LogP contribution in [0.3, 0.4) is 0 Å². The van der Waals surface area contributed by atoms with Crippen LogP contribution in [0.4, 0.5) is 4.39 Å². The summed E-state index contributed by atoms with van der Waals surface area (Å²) in [4.78, 5) is 25.3. The number of aliphatic hydroxyl groups excluding tert-OH is 1. The molecule has 0 aromatic heterocycles. The zero-order valence-corrected chi connectivity index (χ0v) is 12.3. The number of likely N-dealkylation sites (tertiary alicyclic amines) is 1. The number of hydrogen-bond acceptors (Lipinski definition) is 4. The van der Waals surface area contributed by atoms with E-state index in [-0.39, 0.29) is 23.0 Å². The quantitative estimate of drug-likeness (QED) is 0.821. The first-order valence-corrected chi connectivity index (χ1v) is 6.76. The number of rotatable bonds is 2. The molecule has 2 unspecified atom stereocenters. The van der Waals surface area contributed by atoms with Gasteiger partial charge in [-0.05, 0) is 28.1 Å². The Hall–Kier alpha value is -1.47. The van der Waals surface area contributed by atoms with Gasteiger partial charge in [0.1, 0.15) is 11.9 Å². The van der Waals surface area contributed by atoms with Crippen molar-refractivity contribution in [3.05, 3.63) is 34.1 Å². The van der Waals surface area contributed by atoms with E-state index >= 15 is 0 Å². The summed E-state index contributed by atoms with van der Waals surface area (Å²) in [6.07, 6.45) is -0.680. The Balaban J connectivity index is 2.31. The number of ether oxygens (including phenoxy) is 1. The molecule has 1 heterocycles. The number of carbonyl (C=O) groups excluding carboxylic acids is 2. The highest BCUT2D eigenvalue weighted by atomic mass is 79.9. The molecule has 2 atom stereocenters. The van der Waals surface area contributed by atoms with E-state index in [1.165, 1.54) is 30.2 Å². The number of halogens is 2. The lowest BCUT2D eigenvalue weighted by molar-refractivity contribution is -0.145. The molecule has 2 rings (SSSR count). The fraction of sp³-hybridized carbons (Fsp3) is 0.385. The third kappa shape index (κ3) is 2.69. The van der Waals surface area contributed by atoms with Crippen LogP contribution in [-0.4, -0.2) is 47.7 Å². The molecule has 108 valence electrons. The van der Waals surface area contributed by atoms with Crippen molar-refractivity contribution in [1.82, 2.24) is 4.90 Å². The van der Waals surface area contributed by atoms with Crippen molar-refractivity contribution in [3.63, 3.8) is 0 Å². The molecule has 1 aromatic rings. The number of carbonyl (C=O) groups is 2. The van der Waals surface area contributed by atoms with Crippen molar-refractivity contribution in [3.8, 4) is 0 Å². The van der Waals surface area contributed by atoms with Gasteiger partial charge in [-0.15, -0.1) is 0 Å². The van der Waals surface area contributed by atoms with E-state index in [4.69, 9.17) is 0 Å². The summed E-state index contributed by atoms with van der Waals surface area (Å²) in [5.41, 5.74) is 0.105. The topological polar surface area (TPSA) is 66.8 Å². The molecule has 1 saturated heterocycles. The fourth-order valence-corrected chi connectivity index (χ4v) is 2.66. The fourth-order valence-electron chi connectivity index (χ4n) is 2.22. The molecule has 1 aliphatic rings. The number of aliphatic hydroxyl groups is 1. The first kappa shape index (κ1) is 14.9. The van der Waals surface area contributed by atoms with Crippen molar-refractivity contribution in [2.24, 2.45) is 0 Å². The average molecular weight is 346 g/mol. The lowest BCUT2D eigenvalue weighted by Gasteiger charge is -2.22. The second-order valence-corrected chi connectivity index (χ2v) is 5.28. The molecule has 0 spiro atoms. The Kier molecular flexibility index (Phi) is 4.39. The standard InChI is InChI=1S/C13H13BrFNO4/c1-20-13(19)10-5-7(17)6-16(10)12(18)8-3-2-4-9(15)11(8)14/h2-4,7,10,17H,5-6H2,1H3. The first-order valence-electron chi connectivity index (χ1n) is 5.96. The molecule has 1 aliphatic heterocycles. The van der Waals surface area contributed by atoms with Gasteiger partial charge >= 0.3 is 5.97 Å². The maximum absolute atomic E-state index is 13.5. The summed E-state index contributed by atoms with van der Waals surface area (Å²) < 4.78 is 18.1. The van der Waals surface area contributed by atoms with Crippen molar-refractivity contribution < 1.29 is 23.8 Å². The predicted octanol–water partition coefficient (Wildman–Crippen LogP) is 1.34. The van der Waals surface area contributed by atoms with Gasteiger partial charge in [-0.25, -0.2) is 9.18 Å². The largest absolute Gasteiger partial charge is 0.467 e. The number of β-amino-alcohol motifs (C(OH)–C–C–N with tert-alkyl or cyclic N) is 1. The summed E-state index contributed by atoms with van der Waals surface area (Å²) in [5, 5.41) is 9.65. The van der Waals surface area contributed by atoms with Gasteiger partial charge in [-0.1, -0.05) is 6.07 Å². The molecule has 0 bridgehead atoms. The van der Waals surface area contributed by atoms with Crippen molar-refractivity contribution in [2.75, 3.05) is 13.7 Å². The van der Waals surface area contributed by atoms with Crippen LogP contribution in [0.15, 0.2) is 22.7 Å². The minimum Gasteiger partial charge on any atom is -0.467 e. The lowest BCUT2D eigenvalue weighted by Crippen LogP contribution is -2.41. The predicted molar refractivity (Wildman–Crippen MR) is 71.6 cm³/mol. The minimum absolute atomic E-state index is 0.0154. The summed E-state index contributed by atoms with van der Waals surface area (Å²) in [7, 11) is 1.22. The lowest BCUT2D eigenvalue weighted by atomic mass is 10.1. The van der Waals surface area contributed by atoms with Crippen LogP contribution in [0, 0.1) is 5.82 Å². The van der Waals surface area contributed by atoms with E-state index in [9.17, 15) is 19.1 Å². The van der Waals surface area contributed by atoms with Gasteiger partial charge in [0.15, 0.2) is 0 Å². The summed E-state index contributed by atoms with van der Waals surface area (Å²) >= 11 is 3.02. The summed E-state index contributed by atoms with van der Waals surface area (Å²) in [6.45, 7) is 0.0154. The Morgan fingerprint density at radius 2 is 2.20 bits per heavy atom. The number of nitrogens with zero attached hydrogens (tertiary/aromatic N) is 1. The van der Waals surface area contributed by atoms with Crippen LogP contribution in [0.5, 0.6) is 0 Å². The summed E-state index contributed by atoms with van der Waals surface area (Å²) in [6, 6.07) is 3.23. The average Bonchev–Trinajstić information content (AvgIpc) is 2.82. The van der Waals surface area contributed by atoms with E-state index < -0.39 is 29.8 Å². The van der Waals surface area contributed by atoms with Crippen LogP contribution in [0.1, 0.15) is 16.8 Å². The molecule has 5 nitrogen and oxygen atoms in total. The third-order valence-corrected chi connectivity index (χ3v) is 4.00. The Morgan fingerprint density at radius 3 is 2.85 bits per heavy atom. The summed E-state index contributed by atoms with van der Waals surface area (Å²) in [5.74, 6) is -1.68. The molecular weight excluding hydrogens is 333 g/mol. The molecule has 0 aliphatic carbocycles. The third-order valence-electron chi connectivity index (χ3n) is 3.20.